The minimum absolute atomic E-state index is 0.0281. The van der Waals surface area contributed by atoms with Crippen LogP contribution in [0.3, 0.4) is 0 Å². The number of hydrogen-bond acceptors (Lipinski definition) is 3. The third-order valence-corrected chi connectivity index (χ3v) is 2.13. The average Bonchev–Trinajstić information content (AvgIpc) is 2.25. The van der Waals surface area contributed by atoms with Crippen LogP contribution in [0.1, 0.15) is 18.4 Å². The summed E-state index contributed by atoms with van der Waals surface area (Å²) in [4.78, 5) is 0. The molecule has 3 N–H and O–H groups in total. The van der Waals surface area contributed by atoms with Gasteiger partial charge in [0.05, 0.1) is 23.0 Å². The molecule has 0 fully saturated rings. The van der Waals surface area contributed by atoms with E-state index in [0.29, 0.717) is 16.9 Å². The SMILES string of the molecule is N#Cc1ccc(N)c(NCCCC(F)(F)F)c1. The van der Waals surface area contributed by atoms with E-state index < -0.39 is 12.6 Å². The summed E-state index contributed by atoms with van der Waals surface area (Å²) in [6.45, 7) is 0.165. The molecule has 0 aliphatic rings. The van der Waals surface area contributed by atoms with Crippen molar-refractivity contribution in [1.29, 1.82) is 5.26 Å². The molecule has 92 valence electrons. The summed E-state index contributed by atoms with van der Waals surface area (Å²) in [7, 11) is 0. The van der Waals surface area contributed by atoms with Gasteiger partial charge in [0.15, 0.2) is 0 Å². The molecule has 6 heteroatoms. The number of halogens is 3. The van der Waals surface area contributed by atoms with Crippen molar-refractivity contribution in [2.24, 2.45) is 0 Å². The van der Waals surface area contributed by atoms with E-state index in [1.807, 2.05) is 6.07 Å². The number of nitrogens with zero attached hydrogens (tertiary/aromatic N) is 1. The lowest BCUT2D eigenvalue weighted by Crippen LogP contribution is -2.11. The largest absolute Gasteiger partial charge is 0.397 e. The third kappa shape index (κ3) is 4.64. The second kappa shape index (κ2) is 5.43. The molecular formula is C11H12F3N3. The molecule has 17 heavy (non-hydrogen) atoms. The summed E-state index contributed by atoms with van der Waals surface area (Å²) in [5.74, 6) is 0. The number of benzene rings is 1. The molecule has 0 amide bonds. The van der Waals surface area contributed by atoms with Crippen molar-refractivity contribution in [3.63, 3.8) is 0 Å². The van der Waals surface area contributed by atoms with E-state index in [2.05, 4.69) is 5.32 Å². The summed E-state index contributed by atoms with van der Waals surface area (Å²) in [6.07, 6.45) is -5.00. The predicted molar refractivity (Wildman–Crippen MR) is 59.3 cm³/mol. The Bertz CT molecular complexity index is 421. The molecule has 0 aromatic heterocycles. The molecule has 0 saturated carbocycles. The van der Waals surface area contributed by atoms with E-state index in [9.17, 15) is 13.2 Å². The quantitative estimate of drug-likeness (QED) is 0.631. The molecule has 0 unspecified atom stereocenters. The van der Waals surface area contributed by atoms with Crippen molar-refractivity contribution in [3.8, 4) is 6.07 Å². The van der Waals surface area contributed by atoms with Gasteiger partial charge in [0.25, 0.3) is 0 Å². The van der Waals surface area contributed by atoms with Crippen LogP contribution in [0.15, 0.2) is 18.2 Å². The Balaban J connectivity index is 2.49. The fourth-order valence-corrected chi connectivity index (χ4v) is 1.29. The number of nitrogen functional groups attached to an aromatic ring is 1. The second-order valence-corrected chi connectivity index (χ2v) is 3.56. The average molecular weight is 243 g/mol. The first-order chi connectivity index (χ1) is 7.92. The van der Waals surface area contributed by atoms with Crippen LogP contribution in [-0.4, -0.2) is 12.7 Å². The Labute approximate surface area is 97.0 Å². The van der Waals surface area contributed by atoms with Crippen LogP contribution in [0, 0.1) is 11.3 Å². The maximum absolute atomic E-state index is 11.9. The van der Waals surface area contributed by atoms with E-state index >= 15 is 0 Å². The maximum Gasteiger partial charge on any atom is 0.389 e. The van der Waals surface area contributed by atoms with Gasteiger partial charge in [-0.2, -0.15) is 18.4 Å². The monoisotopic (exact) mass is 243 g/mol. The zero-order valence-electron chi connectivity index (χ0n) is 9.01. The van der Waals surface area contributed by atoms with Gasteiger partial charge in [-0.3, -0.25) is 0 Å². The molecule has 0 atom stereocenters. The van der Waals surface area contributed by atoms with Crippen molar-refractivity contribution in [2.45, 2.75) is 19.0 Å². The molecule has 0 spiro atoms. The number of nitrogens with two attached hydrogens (primary N) is 1. The molecule has 0 saturated heterocycles. The molecule has 0 heterocycles. The minimum atomic E-state index is -4.14. The fourth-order valence-electron chi connectivity index (χ4n) is 1.29. The van der Waals surface area contributed by atoms with Crippen LogP contribution >= 0.6 is 0 Å². The van der Waals surface area contributed by atoms with E-state index in [1.165, 1.54) is 6.07 Å². The summed E-state index contributed by atoms with van der Waals surface area (Å²) in [5.41, 5.74) is 6.94. The molecule has 1 aromatic carbocycles. The molecule has 1 aromatic rings. The van der Waals surface area contributed by atoms with Gasteiger partial charge in [0.1, 0.15) is 0 Å². The van der Waals surface area contributed by atoms with E-state index in [1.54, 1.807) is 12.1 Å². The van der Waals surface area contributed by atoms with Crippen molar-refractivity contribution < 1.29 is 13.2 Å². The standard InChI is InChI=1S/C11H12F3N3/c12-11(13,14)4-1-5-17-10-6-8(7-15)2-3-9(10)16/h2-3,6,17H,1,4-5,16H2. The summed E-state index contributed by atoms with van der Waals surface area (Å²) in [6, 6.07) is 6.55. The number of nitriles is 1. The van der Waals surface area contributed by atoms with Gasteiger partial charge in [-0.25, -0.2) is 0 Å². The topological polar surface area (TPSA) is 61.8 Å². The van der Waals surface area contributed by atoms with Gasteiger partial charge >= 0.3 is 6.18 Å². The molecule has 0 bridgehead atoms. The molecule has 0 aliphatic carbocycles. The van der Waals surface area contributed by atoms with Gasteiger partial charge in [0, 0.05) is 13.0 Å². The van der Waals surface area contributed by atoms with Gasteiger partial charge in [-0.1, -0.05) is 0 Å². The number of hydrogen-bond donors (Lipinski definition) is 2. The van der Waals surface area contributed by atoms with Gasteiger partial charge in [0.2, 0.25) is 0 Å². The minimum Gasteiger partial charge on any atom is -0.397 e. The summed E-state index contributed by atoms with van der Waals surface area (Å²) >= 11 is 0. The smallest absolute Gasteiger partial charge is 0.389 e. The molecular weight excluding hydrogens is 231 g/mol. The Kier molecular flexibility index (Phi) is 4.21. The van der Waals surface area contributed by atoms with Gasteiger partial charge < -0.3 is 11.1 Å². The fraction of sp³-hybridized carbons (Fsp3) is 0.364. The predicted octanol–water partition coefficient (Wildman–Crippen LogP) is 2.89. The normalized spacial score (nSPS) is 10.9. The van der Waals surface area contributed by atoms with E-state index in [0.717, 1.165) is 0 Å². The number of anilines is 2. The first-order valence-corrected chi connectivity index (χ1v) is 5.02. The first kappa shape index (κ1) is 13.2. The van der Waals surface area contributed by atoms with Crippen LogP contribution in [0.4, 0.5) is 24.5 Å². The van der Waals surface area contributed by atoms with Crippen LogP contribution < -0.4 is 11.1 Å². The zero-order chi connectivity index (χ0) is 12.9. The highest BCUT2D eigenvalue weighted by molar-refractivity contribution is 5.68. The Morgan fingerprint density at radius 3 is 2.65 bits per heavy atom. The van der Waals surface area contributed by atoms with Crippen molar-refractivity contribution >= 4 is 11.4 Å². The highest BCUT2D eigenvalue weighted by Gasteiger charge is 2.25. The lowest BCUT2D eigenvalue weighted by Gasteiger charge is -2.10. The van der Waals surface area contributed by atoms with Crippen LogP contribution in [-0.2, 0) is 0 Å². The van der Waals surface area contributed by atoms with Crippen molar-refractivity contribution in [2.75, 3.05) is 17.6 Å². The summed E-state index contributed by atoms with van der Waals surface area (Å²) in [5, 5.41) is 11.4. The summed E-state index contributed by atoms with van der Waals surface area (Å²) < 4.78 is 35.7. The Morgan fingerprint density at radius 1 is 1.35 bits per heavy atom. The lowest BCUT2D eigenvalue weighted by molar-refractivity contribution is -0.134. The first-order valence-electron chi connectivity index (χ1n) is 5.02. The Morgan fingerprint density at radius 2 is 2.06 bits per heavy atom. The maximum atomic E-state index is 11.9. The van der Waals surface area contributed by atoms with Crippen LogP contribution in [0.25, 0.3) is 0 Å². The van der Waals surface area contributed by atoms with Gasteiger partial charge in [-0.05, 0) is 24.6 Å². The highest BCUT2D eigenvalue weighted by atomic mass is 19.4. The van der Waals surface area contributed by atoms with Crippen LogP contribution in [0.5, 0.6) is 0 Å². The van der Waals surface area contributed by atoms with E-state index in [-0.39, 0.29) is 13.0 Å². The molecule has 1 rings (SSSR count). The molecule has 0 aliphatic heterocycles. The number of alkyl halides is 3. The molecule has 0 radical (unpaired) electrons. The highest BCUT2D eigenvalue weighted by Crippen LogP contribution is 2.23. The second-order valence-electron chi connectivity index (χ2n) is 3.56. The molecule has 3 nitrogen and oxygen atoms in total. The lowest BCUT2D eigenvalue weighted by atomic mass is 10.2. The van der Waals surface area contributed by atoms with Crippen molar-refractivity contribution in [3.05, 3.63) is 23.8 Å². The van der Waals surface area contributed by atoms with Crippen LogP contribution in [0.2, 0.25) is 0 Å². The zero-order valence-corrected chi connectivity index (χ0v) is 9.01. The van der Waals surface area contributed by atoms with Gasteiger partial charge in [-0.15, -0.1) is 0 Å². The number of nitrogens with one attached hydrogen (secondary N) is 1. The Hall–Kier alpha value is -1.90. The van der Waals surface area contributed by atoms with E-state index in [4.69, 9.17) is 11.0 Å². The van der Waals surface area contributed by atoms with Crippen molar-refractivity contribution in [1.82, 2.24) is 0 Å². The third-order valence-electron chi connectivity index (χ3n) is 2.13. The number of rotatable bonds is 4.